The first-order valence-corrected chi connectivity index (χ1v) is 10.5. The molecule has 0 saturated carbocycles. The zero-order valence-corrected chi connectivity index (χ0v) is 17.7. The number of anilines is 2. The Morgan fingerprint density at radius 1 is 0.778 bits per heavy atom. The van der Waals surface area contributed by atoms with Crippen molar-refractivity contribution in [2.24, 2.45) is 0 Å². The minimum Gasteiger partial charge on any atom is -0.343 e. The largest absolute Gasteiger partial charge is 0.343 e. The Labute approximate surface area is 166 Å². The van der Waals surface area contributed by atoms with E-state index in [1.54, 1.807) is 0 Å². The van der Waals surface area contributed by atoms with Gasteiger partial charge in [-0.25, -0.2) is 0 Å². The van der Waals surface area contributed by atoms with Crippen molar-refractivity contribution in [2.75, 3.05) is 11.9 Å². The number of rotatable bonds is 3. The Hall–Kier alpha value is -2.32. The summed E-state index contributed by atoms with van der Waals surface area (Å²) in [6, 6.07) is 22.2. The summed E-state index contributed by atoms with van der Waals surface area (Å²) >= 11 is 1.94. The van der Waals surface area contributed by atoms with Gasteiger partial charge in [-0.2, -0.15) is 0 Å². The third kappa shape index (κ3) is 3.02. The van der Waals surface area contributed by atoms with Crippen LogP contribution < -0.4 is 4.90 Å². The number of aryl methyl sites for hydroxylation is 1. The monoisotopic (exact) mass is 373 g/mol. The van der Waals surface area contributed by atoms with Gasteiger partial charge in [-0.3, -0.25) is 0 Å². The minimum atomic E-state index is 0.140. The summed E-state index contributed by atoms with van der Waals surface area (Å²) in [6.45, 7) is 9.13. The maximum Gasteiger partial charge on any atom is 0.0592 e. The Balaban J connectivity index is 1.98. The molecule has 3 aromatic carbocycles. The van der Waals surface area contributed by atoms with Crippen LogP contribution in [0.1, 0.15) is 38.8 Å². The first-order chi connectivity index (χ1) is 12.9. The molecule has 0 atom stereocenters. The average molecular weight is 374 g/mol. The molecule has 138 valence electrons. The molecule has 4 aromatic rings. The minimum absolute atomic E-state index is 0.140. The zero-order chi connectivity index (χ0) is 19.2. The van der Waals surface area contributed by atoms with Gasteiger partial charge >= 0.3 is 0 Å². The zero-order valence-electron chi connectivity index (χ0n) is 16.8. The van der Waals surface area contributed by atoms with E-state index in [-0.39, 0.29) is 5.41 Å². The smallest absolute Gasteiger partial charge is 0.0592 e. The molecule has 27 heavy (non-hydrogen) atoms. The molecule has 0 unspecified atom stereocenters. The molecule has 0 aliphatic carbocycles. The maximum absolute atomic E-state index is 2.35. The van der Waals surface area contributed by atoms with Crippen LogP contribution in [0.3, 0.4) is 0 Å². The van der Waals surface area contributed by atoms with Crippen LogP contribution in [0.15, 0.2) is 60.7 Å². The van der Waals surface area contributed by atoms with Gasteiger partial charge in [0.25, 0.3) is 0 Å². The van der Waals surface area contributed by atoms with Crippen molar-refractivity contribution in [2.45, 2.75) is 39.5 Å². The summed E-state index contributed by atoms with van der Waals surface area (Å²) in [7, 11) is 2.19. The third-order valence-corrected chi connectivity index (χ3v) is 6.68. The Kier molecular flexibility index (Phi) is 4.47. The van der Waals surface area contributed by atoms with E-state index in [9.17, 15) is 0 Å². The van der Waals surface area contributed by atoms with Crippen LogP contribution in [-0.4, -0.2) is 7.05 Å². The van der Waals surface area contributed by atoms with Gasteiger partial charge < -0.3 is 4.90 Å². The highest BCUT2D eigenvalue weighted by Gasteiger charge is 2.21. The summed E-state index contributed by atoms with van der Waals surface area (Å²) in [5, 5.41) is 2.74. The molecular formula is C25H27NS. The Morgan fingerprint density at radius 2 is 1.41 bits per heavy atom. The van der Waals surface area contributed by atoms with Crippen molar-refractivity contribution in [3.63, 3.8) is 0 Å². The molecule has 0 N–H and O–H groups in total. The number of hydrogen-bond acceptors (Lipinski definition) is 2. The normalized spacial score (nSPS) is 12.0. The van der Waals surface area contributed by atoms with Gasteiger partial charge in [0.2, 0.25) is 0 Å². The van der Waals surface area contributed by atoms with E-state index >= 15 is 0 Å². The van der Waals surface area contributed by atoms with E-state index in [4.69, 9.17) is 0 Å². The fourth-order valence-corrected chi connectivity index (χ4v) is 5.50. The van der Waals surface area contributed by atoms with Gasteiger partial charge in [0.05, 0.1) is 10.4 Å². The lowest BCUT2D eigenvalue weighted by atomic mass is 9.86. The third-order valence-electron chi connectivity index (χ3n) is 5.41. The first-order valence-electron chi connectivity index (χ1n) is 9.68. The van der Waals surface area contributed by atoms with Crippen molar-refractivity contribution < 1.29 is 0 Å². The van der Waals surface area contributed by atoms with Gasteiger partial charge in [0.1, 0.15) is 0 Å². The average Bonchev–Trinajstić information content (AvgIpc) is 3.05. The van der Waals surface area contributed by atoms with Gasteiger partial charge in [-0.1, -0.05) is 76.2 Å². The molecule has 0 fully saturated rings. The van der Waals surface area contributed by atoms with E-state index in [0.717, 1.165) is 6.42 Å². The highest BCUT2D eigenvalue weighted by atomic mass is 32.1. The van der Waals surface area contributed by atoms with Crippen molar-refractivity contribution in [1.29, 1.82) is 0 Å². The summed E-state index contributed by atoms with van der Waals surface area (Å²) < 4.78 is 2.79. The molecular weight excluding hydrogens is 346 g/mol. The number of para-hydroxylation sites is 1. The van der Waals surface area contributed by atoms with Crippen molar-refractivity contribution in [3.8, 4) is 0 Å². The Morgan fingerprint density at radius 3 is 2.11 bits per heavy atom. The van der Waals surface area contributed by atoms with Gasteiger partial charge in [0, 0.05) is 28.2 Å². The quantitative estimate of drug-likeness (QED) is 0.356. The van der Waals surface area contributed by atoms with Crippen molar-refractivity contribution in [3.05, 3.63) is 71.8 Å². The Bertz CT molecular complexity index is 1110. The van der Waals surface area contributed by atoms with Crippen LogP contribution in [-0.2, 0) is 11.8 Å². The standard InChI is InChI=1S/C25H27NS/c1-6-17-11-7-8-15-21(17)26(5)22-16-10-13-19-18-12-9-14-20(25(2,3)4)23(18)27-24(19)22/h7-16H,6H2,1-5H3. The summed E-state index contributed by atoms with van der Waals surface area (Å²) in [4.78, 5) is 2.35. The van der Waals surface area contributed by atoms with Crippen LogP contribution in [0.2, 0.25) is 0 Å². The highest BCUT2D eigenvalue weighted by molar-refractivity contribution is 7.26. The van der Waals surface area contributed by atoms with Crippen LogP contribution in [0.25, 0.3) is 20.2 Å². The van der Waals surface area contributed by atoms with Gasteiger partial charge in [-0.05, 0) is 35.1 Å². The predicted molar refractivity (Wildman–Crippen MR) is 122 cm³/mol. The van der Waals surface area contributed by atoms with Gasteiger partial charge in [0.15, 0.2) is 0 Å². The molecule has 0 saturated heterocycles. The summed E-state index contributed by atoms with van der Waals surface area (Å²) in [5.41, 5.74) is 5.54. The lowest BCUT2D eigenvalue weighted by Crippen LogP contribution is -2.11. The molecule has 4 rings (SSSR count). The van der Waals surface area contributed by atoms with Crippen LogP contribution in [0.4, 0.5) is 11.4 Å². The molecule has 0 aliphatic heterocycles. The summed E-state index contributed by atoms with van der Waals surface area (Å²) in [5.74, 6) is 0. The SMILES string of the molecule is CCc1ccccc1N(C)c1cccc2c1sc1c(C(C)(C)C)cccc12. The number of fused-ring (bicyclic) bond motifs is 3. The number of thiophene rings is 1. The van der Waals surface area contributed by atoms with E-state index in [1.807, 2.05) is 11.3 Å². The fourth-order valence-electron chi connectivity index (χ4n) is 3.93. The fraction of sp³-hybridized carbons (Fsp3) is 0.280. The van der Waals surface area contributed by atoms with Crippen molar-refractivity contribution in [1.82, 2.24) is 0 Å². The van der Waals surface area contributed by atoms with Gasteiger partial charge in [-0.15, -0.1) is 11.3 Å². The second-order valence-electron chi connectivity index (χ2n) is 8.23. The van der Waals surface area contributed by atoms with Crippen molar-refractivity contribution >= 4 is 42.9 Å². The molecule has 1 nitrogen and oxygen atoms in total. The highest BCUT2D eigenvalue weighted by Crippen LogP contribution is 2.44. The molecule has 1 aromatic heterocycles. The maximum atomic E-state index is 2.35. The van der Waals surface area contributed by atoms with E-state index in [1.165, 1.54) is 42.7 Å². The van der Waals surface area contributed by atoms with Crippen LogP contribution >= 0.6 is 11.3 Å². The molecule has 0 aliphatic rings. The molecule has 2 heteroatoms. The van der Waals surface area contributed by atoms with Crippen LogP contribution in [0, 0.1) is 0 Å². The lowest BCUT2D eigenvalue weighted by molar-refractivity contribution is 0.597. The second kappa shape index (κ2) is 6.69. The van der Waals surface area contributed by atoms with Crippen LogP contribution in [0.5, 0.6) is 0 Å². The molecule has 0 radical (unpaired) electrons. The predicted octanol–water partition coefficient (Wildman–Crippen LogP) is 7.68. The lowest BCUT2D eigenvalue weighted by Gasteiger charge is -2.23. The topological polar surface area (TPSA) is 3.24 Å². The second-order valence-corrected chi connectivity index (χ2v) is 9.25. The number of nitrogens with zero attached hydrogens (tertiary/aromatic N) is 1. The van der Waals surface area contributed by atoms with E-state index < -0.39 is 0 Å². The molecule has 0 bridgehead atoms. The molecule has 0 amide bonds. The molecule has 1 heterocycles. The summed E-state index contributed by atoms with van der Waals surface area (Å²) in [6.07, 6.45) is 1.04. The number of hydrogen-bond donors (Lipinski definition) is 0. The molecule has 0 spiro atoms. The first kappa shape index (κ1) is 18.1. The van der Waals surface area contributed by atoms with E-state index in [0.29, 0.717) is 0 Å². The number of benzene rings is 3. The van der Waals surface area contributed by atoms with E-state index in [2.05, 4.69) is 100 Å².